The first-order chi connectivity index (χ1) is 8.86. The van der Waals surface area contributed by atoms with Crippen LogP contribution in [0.1, 0.15) is 23.7 Å². The number of hydrogen-bond acceptors (Lipinski definition) is 4. The van der Waals surface area contributed by atoms with Crippen molar-refractivity contribution in [3.8, 4) is 0 Å². The largest absolute Gasteiger partial charge is 0.389 e. The van der Waals surface area contributed by atoms with Gasteiger partial charge in [0, 0.05) is 19.3 Å². The molecule has 1 aromatic heterocycles. The van der Waals surface area contributed by atoms with Gasteiger partial charge in [-0.3, -0.25) is 4.79 Å². The van der Waals surface area contributed by atoms with Gasteiger partial charge >= 0.3 is 0 Å². The number of nitrogens with one attached hydrogen (secondary N) is 1. The zero-order valence-corrected chi connectivity index (χ0v) is 12.6. The number of aromatic nitrogens is 1. The fourth-order valence-electron chi connectivity index (χ4n) is 1.94. The summed E-state index contributed by atoms with van der Waals surface area (Å²) in [6, 6.07) is 1.93. The van der Waals surface area contributed by atoms with Crippen molar-refractivity contribution in [1.29, 1.82) is 0 Å². The molecule has 0 bridgehead atoms. The van der Waals surface area contributed by atoms with E-state index < -0.39 is 0 Å². The number of thiocarbonyl (C=S) groups is 1. The number of nitrogens with two attached hydrogens (primary N) is 1. The van der Waals surface area contributed by atoms with E-state index in [0.717, 1.165) is 16.8 Å². The number of likely N-dealkylation sites (N-methyl/N-ethyl adjacent to an activating group) is 2. The highest BCUT2D eigenvalue weighted by Gasteiger charge is 2.16. The Morgan fingerprint density at radius 3 is 2.68 bits per heavy atom. The van der Waals surface area contributed by atoms with Gasteiger partial charge in [-0.25, -0.2) is 4.98 Å². The Morgan fingerprint density at radius 2 is 2.16 bits per heavy atom. The van der Waals surface area contributed by atoms with E-state index in [1.54, 1.807) is 11.9 Å². The molecule has 0 aliphatic rings. The van der Waals surface area contributed by atoms with Gasteiger partial charge in [-0.05, 0) is 32.4 Å². The average molecular weight is 280 g/mol. The molecule has 0 unspecified atom stereocenters. The van der Waals surface area contributed by atoms with Gasteiger partial charge in [0.25, 0.3) is 0 Å². The summed E-state index contributed by atoms with van der Waals surface area (Å²) >= 11 is 5.07. The fourth-order valence-corrected chi connectivity index (χ4v) is 2.19. The summed E-state index contributed by atoms with van der Waals surface area (Å²) in [7, 11) is 1.80. The SMILES string of the molecule is CCNC(=O)CN(C)c1nc(C)cc(C)c1C(N)=S. The van der Waals surface area contributed by atoms with Crippen LogP contribution in [0.5, 0.6) is 0 Å². The first-order valence-electron chi connectivity index (χ1n) is 6.12. The van der Waals surface area contributed by atoms with Crippen LogP contribution in [0.15, 0.2) is 6.07 Å². The van der Waals surface area contributed by atoms with Crippen LogP contribution in [0.4, 0.5) is 5.82 Å². The summed E-state index contributed by atoms with van der Waals surface area (Å²) < 4.78 is 0. The summed E-state index contributed by atoms with van der Waals surface area (Å²) in [4.78, 5) is 18.1. The van der Waals surface area contributed by atoms with E-state index in [4.69, 9.17) is 18.0 Å². The molecule has 3 N–H and O–H groups in total. The van der Waals surface area contributed by atoms with Crippen LogP contribution in [0.2, 0.25) is 0 Å². The van der Waals surface area contributed by atoms with Gasteiger partial charge in [0.1, 0.15) is 10.8 Å². The van der Waals surface area contributed by atoms with Crippen LogP contribution < -0.4 is 16.0 Å². The van der Waals surface area contributed by atoms with Gasteiger partial charge in [0.2, 0.25) is 5.91 Å². The minimum absolute atomic E-state index is 0.0557. The maximum absolute atomic E-state index is 11.6. The maximum atomic E-state index is 11.6. The number of hydrogen-bond donors (Lipinski definition) is 2. The first kappa shape index (κ1) is 15.4. The Hall–Kier alpha value is -1.69. The fraction of sp³-hybridized carbons (Fsp3) is 0.462. The number of aryl methyl sites for hydroxylation is 2. The number of carbonyl (C=O) groups excluding carboxylic acids is 1. The molecule has 0 spiro atoms. The van der Waals surface area contributed by atoms with E-state index in [9.17, 15) is 4.79 Å². The smallest absolute Gasteiger partial charge is 0.239 e. The quantitative estimate of drug-likeness (QED) is 0.784. The van der Waals surface area contributed by atoms with Crippen molar-refractivity contribution < 1.29 is 4.79 Å². The number of rotatable bonds is 5. The molecule has 1 heterocycles. The Bertz CT molecular complexity index is 502. The van der Waals surface area contributed by atoms with E-state index in [1.807, 2.05) is 26.8 Å². The second-order valence-corrected chi connectivity index (χ2v) is 4.89. The molecule has 0 aromatic carbocycles. The molecule has 1 amide bonds. The van der Waals surface area contributed by atoms with Gasteiger partial charge in [-0.1, -0.05) is 12.2 Å². The lowest BCUT2D eigenvalue weighted by Crippen LogP contribution is -2.36. The summed E-state index contributed by atoms with van der Waals surface area (Å²) in [5, 5.41) is 2.75. The Labute approximate surface area is 119 Å². The highest BCUT2D eigenvalue weighted by atomic mass is 32.1. The number of amides is 1. The molecule has 5 nitrogen and oxygen atoms in total. The Balaban J connectivity index is 3.11. The molecule has 0 radical (unpaired) electrons. The zero-order chi connectivity index (χ0) is 14.6. The summed E-state index contributed by atoms with van der Waals surface area (Å²) in [6.45, 7) is 6.55. The van der Waals surface area contributed by atoms with Gasteiger partial charge in [0.15, 0.2) is 0 Å². The lowest BCUT2D eigenvalue weighted by Gasteiger charge is -2.22. The van der Waals surface area contributed by atoms with Crippen LogP contribution >= 0.6 is 12.2 Å². The van der Waals surface area contributed by atoms with Crippen LogP contribution in [-0.4, -0.2) is 36.0 Å². The Kier molecular flexibility index (Phi) is 5.23. The molecule has 1 rings (SSSR count). The predicted octanol–water partition coefficient (Wildman–Crippen LogP) is 0.905. The predicted molar refractivity (Wildman–Crippen MR) is 81.6 cm³/mol. The molecule has 0 saturated carbocycles. The Morgan fingerprint density at radius 1 is 1.53 bits per heavy atom. The van der Waals surface area contributed by atoms with E-state index in [0.29, 0.717) is 17.4 Å². The summed E-state index contributed by atoms with van der Waals surface area (Å²) in [5.74, 6) is 0.594. The number of carbonyl (C=O) groups is 1. The van der Waals surface area contributed by atoms with Crippen molar-refractivity contribution >= 4 is 28.9 Å². The van der Waals surface area contributed by atoms with Crippen LogP contribution in [0.25, 0.3) is 0 Å². The van der Waals surface area contributed by atoms with Crippen molar-refractivity contribution in [3.05, 3.63) is 22.9 Å². The normalized spacial score (nSPS) is 10.1. The molecular weight excluding hydrogens is 260 g/mol. The molecule has 0 fully saturated rings. The van der Waals surface area contributed by atoms with Crippen molar-refractivity contribution in [2.24, 2.45) is 5.73 Å². The summed E-state index contributed by atoms with van der Waals surface area (Å²) in [5.41, 5.74) is 8.33. The molecule has 0 atom stereocenters. The maximum Gasteiger partial charge on any atom is 0.239 e. The molecular formula is C13H20N4OS. The minimum atomic E-state index is -0.0557. The van der Waals surface area contributed by atoms with Crippen molar-refractivity contribution in [2.75, 3.05) is 25.0 Å². The van der Waals surface area contributed by atoms with Crippen LogP contribution in [0, 0.1) is 13.8 Å². The van der Waals surface area contributed by atoms with E-state index >= 15 is 0 Å². The van der Waals surface area contributed by atoms with E-state index in [2.05, 4.69) is 10.3 Å². The average Bonchev–Trinajstić information content (AvgIpc) is 2.27. The standard InChI is InChI=1S/C13H20N4OS/c1-5-15-10(18)7-17(4)13-11(12(14)19)8(2)6-9(3)16-13/h6H,5,7H2,1-4H3,(H2,14,19)(H,15,18). The lowest BCUT2D eigenvalue weighted by atomic mass is 10.1. The molecule has 0 saturated heterocycles. The highest BCUT2D eigenvalue weighted by Crippen LogP contribution is 2.21. The third-order valence-corrected chi connectivity index (χ3v) is 2.89. The molecule has 6 heteroatoms. The number of anilines is 1. The van der Waals surface area contributed by atoms with Crippen molar-refractivity contribution in [1.82, 2.24) is 10.3 Å². The summed E-state index contributed by atoms with van der Waals surface area (Å²) in [6.07, 6.45) is 0. The molecule has 104 valence electrons. The third-order valence-electron chi connectivity index (χ3n) is 2.69. The first-order valence-corrected chi connectivity index (χ1v) is 6.53. The zero-order valence-electron chi connectivity index (χ0n) is 11.8. The number of pyridine rings is 1. The van der Waals surface area contributed by atoms with Gasteiger partial charge in [0.05, 0.1) is 12.1 Å². The highest BCUT2D eigenvalue weighted by molar-refractivity contribution is 7.80. The van der Waals surface area contributed by atoms with E-state index in [1.165, 1.54) is 0 Å². The molecule has 19 heavy (non-hydrogen) atoms. The lowest BCUT2D eigenvalue weighted by molar-refractivity contribution is -0.119. The van der Waals surface area contributed by atoms with Crippen LogP contribution in [-0.2, 0) is 4.79 Å². The van der Waals surface area contributed by atoms with Gasteiger partial charge in [-0.2, -0.15) is 0 Å². The molecule has 1 aromatic rings. The topological polar surface area (TPSA) is 71.2 Å². The third kappa shape index (κ3) is 3.89. The molecule has 0 aliphatic heterocycles. The van der Waals surface area contributed by atoms with Crippen molar-refractivity contribution in [3.63, 3.8) is 0 Å². The second-order valence-electron chi connectivity index (χ2n) is 4.45. The van der Waals surface area contributed by atoms with Gasteiger partial charge < -0.3 is 16.0 Å². The monoisotopic (exact) mass is 280 g/mol. The minimum Gasteiger partial charge on any atom is -0.389 e. The number of nitrogens with zero attached hydrogens (tertiary/aromatic N) is 2. The van der Waals surface area contributed by atoms with E-state index in [-0.39, 0.29) is 12.5 Å². The van der Waals surface area contributed by atoms with Crippen molar-refractivity contribution in [2.45, 2.75) is 20.8 Å². The van der Waals surface area contributed by atoms with Crippen LogP contribution in [0.3, 0.4) is 0 Å². The molecule has 0 aliphatic carbocycles. The second kappa shape index (κ2) is 6.47. The van der Waals surface area contributed by atoms with Gasteiger partial charge in [-0.15, -0.1) is 0 Å².